The van der Waals surface area contributed by atoms with Crippen LogP contribution in [0.2, 0.25) is 0 Å². The molecule has 1 aromatic heterocycles. The fourth-order valence-corrected chi connectivity index (χ4v) is 4.26. The average Bonchev–Trinajstić information content (AvgIpc) is 2.96. The summed E-state index contributed by atoms with van der Waals surface area (Å²) in [5, 5.41) is 6.94. The number of aryl methyl sites for hydroxylation is 1. The van der Waals surface area contributed by atoms with Gasteiger partial charge in [-0.1, -0.05) is 6.07 Å². The highest BCUT2D eigenvalue weighted by Gasteiger charge is 2.19. The molecule has 6 heteroatoms. The monoisotopic (exact) mass is 379 g/mol. The van der Waals surface area contributed by atoms with Gasteiger partial charge in [0.2, 0.25) is 0 Å². The first kappa shape index (κ1) is 15.6. The van der Waals surface area contributed by atoms with Gasteiger partial charge in [0.15, 0.2) is 5.13 Å². The average molecular weight is 380 g/mol. The highest BCUT2D eigenvalue weighted by atomic mass is 79.9. The summed E-state index contributed by atoms with van der Waals surface area (Å²) in [6.45, 7) is 4.11. The third kappa shape index (κ3) is 3.56. The van der Waals surface area contributed by atoms with E-state index in [1.54, 1.807) is 11.3 Å². The van der Waals surface area contributed by atoms with Crippen LogP contribution in [0.3, 0.4) is 0 Å². The van der Waals surface area contributed by atoms with Crippen molar-refractivity contribution >= 4 is 38.3 Å². The van der Waals surface area contributed by atoms with Gasteiger partial charge in [-0.25, -0.2) is 4.98 Å². The minimum atomic E-state index is -0.127. The van der Waals surface area contributed by atoms with E-state index in [1.165, 1.54) is 4.88 Å². The molecular weight excluding hydrogens is 362 g/mol. The number of nitrogens with zero attached hydrogens (tertiary/aromatic N) is 1. The molecule has 2 aromatic rings. The molecule has 0 unspecified atom stereocenters. The zero-order chi connectivity index (χ0) is 15.5. The van der Waals surface area contributed by atoms with Crippen molar-refractivity contribution in [1.29, 1.82) is 0 Å². The minimum absolute atomic E-state index is 0.127. The van der Waals surface area contributed by atoms with Crippen molar-refractivity contribution in [3.63, 3.8) is 0 Å². The molecule has 3 rings (SSSR count). The van der Waals surface area contributed by atoms with Crippen LogP contribution in [0.4, 0.5) is 5.13 Å². The van der Waals surface area contributed by atoms with Gasteiger partial charge in [-0.15, -0.1) is 11.3 Å². The maximum atomic E-state index is 12.3. The van der Waals surface area contributed by atoms with Crippen molar-refractivity contribution in [3.05, 3.63) is 44.9 Å². The summed E-state index contributed by atoms with van der Waals surface area (Å²) < 4.78 is 0.806. The quantitative estimate of drug-likeness (QED) is 0.848. The van der Waals surface area contributed by atoms with E-state index in [0.717, 1.165) is 36.0 Å². The van der Waals surface area contributed by atoms with Gasteiger partial charge < -0.3 is 5.32 Å². The van der Waals surface area contributed by atoms with Gasteiger partial charge in [-0.3, -0.25) is 10.1 Å². The second-order valence-electron chi connectivity index (χ2n) is 5.53. The Morgan fingerprint density at radius 1 is 1.41 bits per heavy atom. The topological polar surface area (TPSA) is 54.0 Å². The Bertz CT molecular complexity index is 680. The molecule has 0 atom stereocenters. The predicted molar refractivity (Wildman–Crippen MR) is 93.8 cm³/mol. The van der Waals surface area contributed by atoms with Crippen molar-refractivity contribution in [2.24, 2.45) is 0 Å². The minimum Gasteiger partial charge on any atom is -0.317 e. The summed E-state index contributed by atoms with van der Waals surface area (Å²) in [4.78, 5) is 18.0. The van der Waals surface area contributed by atoms with Gasteiger partial charge in [0.1, 0.15) is 0 Å². The van der Waals surface area contributed by atoms with Gasteiger partial charge >= 0.3 is 0 Å². The molecule has 0 saturated carbocycles. The van der Waals surface area contributed by atoms with Crippen LogP contribution in [-0.2, 0) is 0 Å². The van der Waals surface area contributed by atoms with Crippen LogP contribution in [0.1, 0.15) is 39.6 Å². The molecule has 1 saturated heterocycles. The van der Waals surface area contributed by atoms with E-state index in [2.05, 4.69) is 31.5 Å². The Morgan fingerprint density at radius 2 is 2.18 bits per heavy atom. The van der Waals surface area contributed by atoms with Crippen LogP contribution in [-0.4, -0.2) is 24.0 Å². The molecule has 1 aromatic carbocycles. The number of carbonyl (C=O) groups is 1. The van der Waals surface area contributed by atoms with Crippen molar-refractivity contribution in [3.8, 4) is 0 Å². The molecular formula is C16H18BrN3OS. The van der Waals surface area contributed by atoms with Crippen LogP contribution in [0, 0.1) is 6.92 Å². The normalized spacial score (nSPS) is 15.7. The van der Waals surface area contributed by atoms with Gasteiger partial charge in [-0.05, 0) is 72.4 Å². The zero-order valence-electron chi connectivity index (χ0n) is 12.4. The summed E-state index contributed by atoms with van der Waals surface area (Å²) in [7, 11) is 0. The van der Waals surface area contributed by atoms with E-state index < -0.39 is 0 Å². The number of thiazole rings is 1. The van der Waals surface area contributed by atoms with Crippen LogP contribution in [0.5, 0.6) is 0 Å². The second-order valence-corrected chi connectivity index (χ2v) is 7.45. The van der Waals surface area contributed by atoms with Crippen molar-refractivity contribution in [2.45, 2.75) is 25.7 Å². The lowest BCUT2D eigenvalue weighted by Gasteiger charge is -2.20. The SMILES string of the molecule is Cc1ccc(C(=O)Nc2ncc(C3CCNCC3)s2)c(Br)c1. The van der Waals surface area contributed by atoms with Gasteiger partial charge in [0.25, 0.3) is 5.91 Å². The number of amides is 1. The Labute approximate surface area is 142 Å². The molecule has 116 valence electrons. The molecule has 0 radical (unpaired) electrons. The maximum Gasteiger partial charge on any atom is 0.258 e. The fraction of sp³-hybridized carbons (Fsp3) is 0.375. The summed E-state index contributed by atoms with van der Waals surface area (Å²) in [6.07, 6.45) is 4.18. The van der Waals surface area contributed by atoms with E-state index in [0.29, 0.717) is 16.6 Å². The lowest BCUT2D eigenvalue weighted by atomic mass is 9.97. The van der Waals surface area contributed by atoms with Gasteiger partial charge in [-0.2, -0.15) is 0 Å². The predicted octanol–water partition coefficient (Wildman–Crippen LogP) is 3.93. The molecule has 1 aliphatic heterocycles. The number of nitrogens with one attached hydrogen (secondary N) is 2. The number of halogens is 1. The number of benzene rings is 1. The van der Waals surface area contributed by atoms with E-state index in [1.807, 2.05) is 31.3 Å². The number of hydrogen-bond acceptors (Lipinski definition) is 4. The molecule has 1 aliphatic rings. The summed E-state index contributed by atoms with van der Waals surface area (Å²) in [5.74, 6) is 0.439. The first-order chi connectivity index (χ1) is 10.6. The first-order valence-corrected chi connectivity index (χ1v) is 8.98. The largest absolute Gasteiger partial charge is 0.317 e. The number of aromatic nitrogens is 1. The molecule has 0 spiro atoms. The number of hydrogen-bond donors (Lipinski definition) is 2. The molecule has 0 aliphatic carbocycles. The van der Waals surface area contributed by atoms with Crippen molar-refractivity contribution in [2.75, 3.05) is 18.4 Å². The lowest BCUT2D eigenvalue weighted by Crippen LogP contribution is -2.26. The molecule has 2 heterocycles. The molecule has 1 fully saturated rings. The number of anilines is 1. The van der Waals surface area contributed by atoms with E-state index in [9.17, 15) is 4.79 Å². The standard InChI is InChI=1S/C16H18BrN3OS/c1-10-2-3-12(13(17)8-10)15(21)20-16-19-9-14(22-16)11-4-6-18-7-5-11/h2-3,8-9,11,18H,4-7H2,1H3,(H,19,20,21). The summed E-state index contributed by atoms with van der Waals surface area (Å²) in [5.41, 5.74) is 1.75. The molecule has 22 heavy (non-hydrogen) atoms. The smallest absolute Gasteiger partial charge is 0.258 e. The van der Waals surface area contributed by atoms with Crippen LogP contribution < -0.4 is 10.6 Å². The van der Waals surface area contributed by atoms with Crippen LogP contribution in [0.25, 0.3) is 0 Å². The third-order valence-corrected chi connectivity index (χ3v) is 5.59. The second kappa shape index (κ2) is 6.89. The van der Waals surface area contributed by atoms with Crippen LogP contribution in [0.15, 0.2) is 28.9 Å². The Morgan fingerprint density at radius 3 is 2.91 bits per heavy atom. The van der Waals surface area contributed by atoms with Gasteiger partial charge in [0, 0.05) is 15.5 Å². The highest BCUT2D eigenvalue weighted by Crippen LogP contribution is 2.32. The molecule has 2 N–H and O–H groups in total. The summed E-state index contributed by atoms with van der Waals surface area (Å²) >= 11 is 5.03. The molecule has 0 bridgehead atoms. The number of piperidine rings is 1. The van der Waals surface area contributed by atoms with Crippen molar-refractivity contribution in [1.82, 2.24) is 10.3 Å². The Hall–Kier alpha value is -1.24. The van der Waals surface area contributed by atoms with E-state index in [4.69, 9.17) is 0 Å². The van der Waals surface area contributed by atoms with Crippen molar-refractivity contribution < 1.29 is 4.79 Å². The number of rotatable bonds is 3. The van der Waals surface area contributed by atoms with E-state index >= 15 is 0 Å². The number of carbonyl (C=O) groups excluding carboxylic acids is 1. The molecule has 1 amide bonds. The first-order valence-electron chi connectivity index (χ1n) is 7.37. The Balaban J connectivity index is 1.70. The Kier molecular flexibility index (Phi) is 4.90. The lowest BCUT2D eigenvalue weighted by molar-refractivity contribution is 0.102. The van der Waals surface area contributed by atoms with E-state index in [-0.39, 0.29) is 5.91 Å². The third-order valence-electron chi connectivity index (χ3n) is 3.85. The summed E-state index contributed by atoms with van der Waals surface area (Å²) in [6, 6.07) is 5.70. The zero-order valence-corrected chi connectivity index (χ0v) is 14.8. The highest BCUT2D eigenvalue weighted by molar-refractivity contribution is 9.10. The molecule has 4 nitrogen and oxygen atoms in total. The van der Waals surface area contributed by atoms with Gasteiger partial charge in [0.05, 0.1) is 5.56 Å². The fourth-order valence-electron chi connectivity index (χ4n) is 2.61. The van der Waals surface area contributed by atoms with Crippen LogP contribution >= 0.6 is 27.3 Å². The maximum absolute atomic E-state index is 12.3.